The predicted molar refractivity (Wildman–Crippen MR) is 82.1 cm³/mol. The first-order chi connectivity index (χ1) is 9.52. The number of hydrogen-bond donors (Lipinski definition) is 1. The maximum Gasteiger partial charge on any atom is 0.0702 e. The highest BCUT2D eigenvalue weighted by molar-refractivity contribution is 4.90. The molecule has 3 unspecified atom stereocenters. The number of hydrogen-bond acceptors (Lipinski definition) is 4. The molecular weight excluding hydrogens is 252 g/mol. The quantitative estimate of drug-likeness (QED) is 0.807. The van der Waals surface area contributed by atoms with Gasteiger partial charge in [0.15, 0.2) is 0 Å². The van der Waals surface area contributed by atoms with Crippen LogP contribution in [-0.4, -0.2) is 63.0 Å². The Balaban J connectivity index is 1.95. The van der Waals surface area contributed by atoms with Gasteiger partial charge in [0, 0.05) is 43.8 Å². The summed E-state index contributed by atoms with van der Waals surface area (Å²) in [5.41, 5.74) is 0.263. The van der Waals surface area contributed by atoms with E-state index in [2.05, 4.69) is 38.0 Å². The molecule has 2 aliphatic rings. The molecule has 118 valence electrons. The minimum absolute atomic E-state index is 0.263. The van der Waals surface area contributed by atoms with Crippen molar-refractivity contribution in [1.82, 2.24) is 10.2 Å². The van der Waals surface area contributed by atoms with Crippen LogP contribution in [0.4, 0.5) is 0 Å². The minimum atomic E-state index is 0.263. The van der Waals surface area contributed by atoms with Crippen molar-refractivity contribution >= 4 is 0 Å². The monoisotopic (exact) mass is 284 g/mol. The summed E-state index contributed by atoms with van der Waals surface area (Å²) in [7, 11) is 2.25. The Morgan fingerprint density at radius 1 is 1.35 bits per heavy atom. The van der Waals surface area contributed by atoms with Crippen LogP contribution in [0.3, 0.4) is 0 Å². The molecule has 0 aliphatic carbocycles. The number of likely N-dealkylation sites (N-methyl/N-ethyl adjacent to an activating group) is 1. The molecule has 0 aromatic carbocycles. The van der Waals surface area contributed by atoms with Crippen molar-refractivity contribution in [3.63, 3.8) is 0 Å². The van der Waals surface area contributed by atoms with E-state index in [-0.39, 0.29) is 5.41 Å². The first-order valence-electron chi connectivity index (χ1n) is 8.15. The summed E-state index contributed by atoms with van der Waals surface area (Å²) < 4.78 is 11.5. The third-order valence-corrected chi connectivity index (χ3v) is 4.78. The molecule has 3 atom stereocenters. The first-order valence-corrected chi connectivity index (χ1v) is 8.15. The van der Waals surface area contributed by atoms with Gasteiger partial charge in [-0.3, -0.25) is 0 Å². The van der Waals surface area contributed by atoms with Crippen LogP contribution in [0.2, 0.25) is 0 Å². The molecule has 1 N–H and O–H groups in total. The topological polar surface area (TPSA) is 33.7 Å². The second kappa shape index (κ2) is 7.21. The highest BCUT2D eigenvalue weighted by Gasteiger charge is 2.37. The second-order valence-corrected chi connectivity index (χ2v) is 7.04. The lowest BCUT2D eigenvalue weighted by atomic mass is 9.81. The van der Waals surface area contributed by atoms with Gasteiger partial charge in [-0.2, -0.15) is 0 Å². The predicted octanol–water partition coefficient (Wildman–Crippen LogP) is 1.89. The normalized spacial score (nSPS) is 35.1. The van der Waals surface area contributed by atoms with Crippen LogP contribution in [0.25, 0.3) is 0 Å². The van der Waals surface area contributed by atoms with E-state index in [1.807, 2.05) is 0 Å². The Morgan fingerprint density at radius 2 is 2.15 bits per heavy atom. The van der Waals surface area contributed by atoms with Gasteiger partial charge < -0.3 is 19.7 Å². The molecule has 0 aromatic heterocycles. The van der Waals surface area contributed by atoms with Gasteiger partial charge in [-0.1, -0.05) is 13.8 Å². The first kappa shape index (κ1) is 16.2. The van der Waals surface area contributed by atoms with E-state index in [0.29, 0.717) is 18.2 Å². The van der Waals surface area contributed by atoms with E-state index in [9.17, 15) is 0 Å². The van der Waals surface area contributed by atoms with Crippen molar-refractivity contribution < 1.29 is 9.47 Å². The van der Waals surface area contributed by atoms with Crippen LogP contribution < -0.4 is 5.32 Å². The number of nitrogens with zero attached hydrogens (tertiary/aromatic N) is 1. The molecule has 0 aromatic rings. The summed E-state index contributed by atoms with van der Waals surface area (Å²) in [4.78, 5) is 2.51. The van der Waals surface area contributed by atoms with Crippen molar-refractivity contribution in [2.75, 3.05) is 40.0 Å². The molecular formula is C16H32N2O2. The fourth-order valence-electron chi connectivity index (χ4n) is 3.60. The molecule has 4 heteroatoms. The van der Waals surface area contributed by atoms with E-state index in [1.54, 1.807) is 0 Å². The molecule has 2 rings (SSSR count). The fourth-order valence-corrected chi connectivity index (χ4v) is 3.60. The van der Waals surface area contributed by atoms with Crippen molar-refractivity contribution in [1.29, 1.82) is 0 Å². The molecule has 0 amide bonds. The third kappa shape index (κ3) is 4.17. The maximum absolute atomic E-state index is 5.81. The van der Waals surface area contributed by atoms with Crippen LogP contribution >= 0.6 is 0 Å². The number of ether oxygens (including phenoxy) is 2. The van der Waals surface area contributed by atoms with Crippen LogP contribution in [-0.2, 0) is 9.47 Å². The van der Waals surface area contributed by atoms with Gasteiger partial charge in [0.2, 0.25) is 0 Å². The summed E-state index contributed by atoms with van der Waals surface area (Å²) in [5, 5.41) is 3.63. The lowest BCUT2D eigenvalue weighted by Crippen LogP contribution is -2.52. The molecule has 0 spiro atoms. The smallest absolute Gasteiger partial charge is 0.0702 e. The highest BCUT2D eigenvalue weighted by Crippen LogP contribution is 2.31. The van der Waals surface area contributed by atoms with Crippen LogP contribution in [0, 0.1) is 5.41 Å². The van der Waals surface area contributed by atoms with E-state index >= 15 is 0 Å². The van der Waals surface area contributed by atoms with Gasteiger partial charge in [-0.25, -0.2) is 0 Å². The zero-order valence-corrected chi connectivity index (χ0v) is 13.7. The van der Waals surface area contributed by atoms with Crippen molar-refractivity contribution in [3.05, 3.63) is 0 Å². The second-order valence-electron chi connectivity index (χ2n) is 7.04. The molecule has 2 saturated heterocycles. The lowest BCUT2D eigenvalue weighted by Gasteiger charge is -2.42. The molecule has 20 heavy (non-hydrogen) atoms. The Hall–Kier alpha value is -0.160. The molecule has 0 radical (unpaired) electrons. The summed E-state index contributed by atoms with van der Waals surface area (Å²) in [6.45, 7) is 11.5. The summed E-state index contributed by atoms with van der Waals surface area (Å²) >= 11 is 0. The minimum Gasteiger partial charge on any atom is -0.381 e. The van der Waals surface area contributed by atoms with Crippen LogP contribution in [0.1, 0.15) is 40.0 Å². The summed E-state index contributed by atoms with van der Waals surface area (Å²) in [6.07, 6.45) is 3.97. The van der Waals surface area contributed by atoms with E-state index in [1.165, 1.54) is 12.8 Å². The average Bonchev–Trinajstić information content (AvgIpc) is 2.84. The summed E-state index contributed by atoms with van der Waals surface area (Å²) in [5.74, 6) is 0. The maximum atomic E-state index is 5.81. The molecule has 2 heterocycles. The zero-order chi connectivity index (χ0) is 14.6. The highest BCUT2D eigenvalue weighted by atomic mass is 16.5. The van der Waals surface area contributed by atoms with Crippen molar-refractivity contribution in [2.24, 2.45) is 5.41 Å². The molecule has 2 fully saturated rings. The number of nitrogens with one attached hydrogen (secondary N) is 1. The lowest BCUT2D eigenvalue weighted by molar-refractivity contribution is -0.0336. The molecule has 2 aliphatic heterocycles. The third-order valence-electron chi connectivity index (χ3n) is 4.78. The Bertz CT molecular complexity index is 290. The van der Waals surface area contributed by atoms with Gasteiger partial charge in [0.25, 0.3) is 0 Å². The Labute approximate surface area is 124 Å². The van der Waals surface area contributed by atoms with Crippen LogP contribution in [0.15, 0.2) is 0 Å². The Morgan fingerprint density at radius 3 is 2.70 bits per heavy atom. The standard InChI is InChI=1S/C16H32N2O2/c1-13(2)17-10-16(7-5-8-19-12-16)11-18(4)15-6-9-20-14(15)3/h13-15,17H,5-12H2,1-4H3. The van der Waals surface area contributed by atoms with Crippen molar-refractivity contribution in [2.45, 2.75) is 58.2 Å². The van der Waals surface area contributed by atoms with Gasteiger partial charge in [0.05, 0.1) is 12.7 Å². The van der Waals surface area contributed by atoms with Gasteiger partial charge >= 0.3 is 0 Å². The number of rotatable bonds is 6. The van der Waals surface area contributed by atoms with Gasteiger partial charge in [0.1, 0.15) is 0 Å². The van der Waals surface area contributed by atoms with E-state index in [0.717, 1.165) is 39.3 Å². The zero-order valence-electron chi connectivity index (χ0n) is 13.7. The van der Waals surface area contributed by atoms with Crippen LogP contribution in [0.5, 0.6) is 0 Å². The Kier molecular flexibility index (Phi) is 5.84. The SMILES string of the molecule is CC(C)NCC1(CN(C)C2CCOC2C)CCCOC1. The molecule has 0 bridgehead atoms. The van der Waals surface area contributed by atoms with E-state index < -0.39 is 0 Å². The van der Waals surface area contributed by atoms with E-state index in [4.69, 9.17) is 9.47 Å². The molecule has 0 saturated carbocycles. The summed E-state index contributed by atoms with van der Waals surface area (Å²) in [6, 6.07) is 1.10. The van der Waals surface area contributed by atoms with Crippen molar-refractivity contribution in [3.8, 4) is 0 Å². The fraction of sp³-hybridized carbons (Fsp3) is 1.00. The average molecular weight is 284 g/mol. The molecule has 4 nitrogen and oxygen atoms in total. The van der Waals surface area contributed by atoms with Gasteiger partial charge in [-0.05, 0) is 33.2 Å². The largest absolute Gasteiger partial charge is 0.381 e. The van der Waals surface area contributed by atoms with Gasteiger partial charge in [-0.15, -0.1) is 0 Å².